The molecule has 2 amide bonds. The molecule has 0 saturated carbocycles. The van der Waals surface area contributed by atoms with Crippen molar-refractivity contribution in [3.05, 3.63) is 101 Å². The van der Waals surface area contributed by atoms with E-state index >= 15 is 0 Å². The van der Waals surface area contributed by atoms with Crippen molar-refractivity contribution in [3.8, 4) is 0 Å². The number of fused-ring (bicyclic) bond motifs is 1. The molecule has 31 heavy (non-hydrogen) atoms. The Morgan fingerprint density at radius 2 is 1.81 bits per heavy atom. The molecule has 5 nitrogen and oxygen atoms in total. The molecule has 6 heteroatoms. The highest BCUT2D eigenvalue weighted by Crippen LogP contribution is 2.31. The van der Waals surface area contributed by atoms with Gasteiger partial charge in [0.05, 0.1) is 11.7 Å². The van der Waals surface area contributed by atoms with Gasteiger partial charge in [0.1, 0.15) is 12.4 Å². The summed E-state index contributed by atoms with van der Waals surface area (Å²) < 4.78 is 18.5. The molecule has 4 rings (SSSR count). The molecule has 1 atom stereocenters. The van der Waals surface area contributed by atoms with Crippen molar-refractivity contribution in [3.63, 3.8) is 0 Å². The molecular formula is C25H23FN2O3. The smallest absolute Gasteiger partial charge is 0.414 e. The first-order valence-corrected chi connectivity index (χ1v) is 10.2. The van der Waals surface area contributed by atoms with Gasteiger partial charge in [-0.15, -0.1) is 0 Å². The van der Waals surface area contributed by atoms with Gasteiger partial charge in [0.25, 0.3) is 5.91 Å². The monoisotopic (exact) mass is 418 g/mol. The Kier molecular flexibility index (Phi) is 5.98. The number of hydrogen-bond acceptors (Lipinski definition) is 3. The van der Waals surface area contributed by atoms with Gasteiger partial charge < -0.3 is 10.1 Å². The largest absolute Gasteiger partial charge is 0.444 e. The molecule has 3 aromatic carbocycles. The minimum Gasteiger partial charge on any atom is -0.444 e. The summed E-state index contributed by atoms with van der Waals surface area (Å²) in [6.07, 6.45) is 0.357. The van der Waals surface area contributed by atoms with Gasteiger partial charge >= 0.3 is 6.09 Å². The van der Waals surface area contributed by atoms with Crippen LogP contribution in [0.1, 0.15) is 40.0 Å². The molecular weight excluding hydrogens is 395 g/mol. The van der Waals surface area contributed by atoms with Crippen molar-refractivity contribution < 1.29 is 18.7 Å². The first-order valence-electron chi connectivity index (χ1n) is 10.2. The lowest BCUT2D eigenvalue weighted by Crippen LogP contribution is -2.29. The Hall–Kier alpha value is -3.67. The zero-order valence-corrected chi connectivity index (χ0v) is 17.2. The maximum absolute atomic E-state index is 13.1. The second-order valence-electron chi connectivity index (χ2n) is 7.53. The Balaban J connectivity index is 1.40. The number of nitrogens with zero attached hydrogens (tertiary/aromatic N) is 1. The van der Waals surface area contributed by atoms with Crippen LogP contribution in [0.3, 0.4) is 0 Å². The lowest BCUT2D eigenvalue weighted by molar-refractivity contribution is 0.0939. The third-order valence-corrected chi connectivity index (χ3v) is 5.38. The molecule has 3 aromatic rings. The molecule has 0 bridgehead atoms. The van der Waals surface area contributed by atoms with E-state index in [4.69, 9.17) is 4.74 Å². The number of hydrogen-bond donors (Lipinski definition) is 1. The molecule has 0 spiro atoms. The van der Waals surface area contributed by atoms with Crippen molar-refractivity contribution >= 4 is 17.7 Å². The molecule has 0 aromatic heterocycles. The minimum absolute atomic E-state index is 0.232. The molecule has 0 fully saturated rings. The van der Waals surface area contributed by atoms with E-state index in [0.717, 1.165) is 28.8 Å². The molecule has 0 aliphatic carbocycles. The summed E-state index contributed by atoms with van der Waals surface area (Å²) in [5.41, 5.74) is 4.16. The average molecular weight is 418 g/mol. The van der Waals surface area contributed by atoms with Crippen LogP contribution < -0.4 is 10.2 Å². The first kappa shape index (κ1) is 20.6. The van der Waals surface area contributed by atoms with Crippen molar-refractivity contribution in [2.75, 3.05) is 11.4 Å². The van der Waals surface area contributed by atoms with Gasteiger partial charge in [-0.2, -0.15) is 0 Å². The van der Waals surface area contributed by atoms with Gasteiger partial charge in [-0.05, 0) is 60.4 Å². The van der Waals surface area contributed by atoms with Crippen molar-refractivity contribution in [2.24, 2.45) is 0 Å². The first-order chi connectivity index (χ1) is 15.0. The maximum atomic E-state index is 13.1. The standard InChI is InChI=1S/C25H23FN2O3/c1-17(27-24(29)19-7-10-22(26)11-8-19)20-9-12-23-21(15-20)13-14-28(23)25(30)31-16-18-5-3-2-4-6-18/h2-12,15,17H,13-14,16H2,1H3,(H,27,29)/t17-/m1/s1. The Morgan fingerprint density at radius 1 is 1.06 bits per heavy atom. The van der Waals surface area contributed by atoms with Crippen LogP contribution in [0.25, 0.3) is 0 Å². The highest BCUT2D eigenvalue weighted by Gasteiger charge is 2.26. The van der Waals surface area contributed by atoms with Crippen LogP contribution in [0.2, 0.25) is 0 Å². The fraction of sp³-hybridized carbons (Fsp3) is 0.200. The molecule has 0 unspecified atom stereocenters. The number of anilines is 1. The van der Waals surface area contributed by atoms with E-state index in [1.54, 1.807) is 4.90 Å². The number of carbonyl (C=O) groups is 2. The second kappa shape index (κ2) is 9.00. The summed E-state index contributed by atoms with van der Waals surface area (Å²) >= 11 is 0. The zero-order valence-electron chi connectivity index (χ0n) is 17.2. The van der Waals surface area contributed by atoms with Gasteiger partial charge in [-0.1, -0.05) is 42.5 Å². The van der Waals surface area contributed by atoms with Gasteiger partial charge in [-0.25, -0.2) is 9.18 Å². The van der Waals surface area contributed by atoms with Crippen molar-refractivity contribution in [2.45, 2.75) is 26.0 Å². The van der Waals surface area contributed by atoms with E-state index < -0.39 is 0 Å². The number of ether oxygens (including phenoxy) is 1. The Labute approximate surface area is 180 Å². The topological polar surface area (TPSA) is 58.6 Å². The van der Waals surface area contributed by atoms with E-state index in [1.807, 2.05) is 55.5 Å². The van der Waals surface area contributed by atoms with Crippen LogP contribution in [0.4, 0.5) is 14.9 Å². The number of halogens is 1. The third kappa shape index (κ3) is 4.74. The van der Waals surface area contributed by atoms with Crippen molar-refractivity contribution in [1.82, 2.24) is 5.32 Å². The summed E-state index contributed by atoms with van der Waals surface area (Å²) in [6, 6.07) is 20.6. The molecule has 158 valence electrons. The van der Waals surface area contributed by atoms with E-state index in [1.165, 1.54) is 24.3 Å². The number of amides is 2. The summed E-state index contributed by atoms with van der Waals surface area (Å²) in [4.78, 5) is 26.6. The van der Waals surface area contributed by atoms with Gasteiger partial charge in [0.2, 0.25) is 0 Å². The van der Waals surface area contributed by atoms with Crippen LogP contribution in [0, 0.1) is 5.82 Å². The lowest BCUT2D eigenvalue weighted by atomic mass is 10.0. The predicted molar refractivity (Wildman–Crippen MR) is 116 cm³/mol. The average Bonchev–Trinajstić information content (AvgIpc) is 3.22. The fourth-order valence-electron chi connectivity index (χ4n) is 3.64. The summed E-state index contributed by atoms with van der Waals surface area (Å²) in [5.74, 6) is -0.644. The fourth-order valence-corrected chi connectivity index (χ4v) is 3.64. The number of carbonyl (C=O) groups excluding carboxylic acids is 2. The highest BCUT2D eigenvalue weighted by atomic mass is 19.1. The Morgan fingerprint density at radius 3 is 2.55 bits per heavy atom. The van der Waals surface area contributed by atoms with E-state index in [2.05, 4.69) is 5.32 Å². The van der Waals surface area contributed by atoms with Crippen LogP contribution >= 0.6 is 0 Å². The third-order valence-electron chi connectivity index (χ3n) is 5.38. The molecule has 0 saturated heterocycles. The molecule has 1 heterocycles. The quantitative estimate of drug-likeness (QED) is 0.633. The van der Waals surface area contributed by atoms with E-state index in [-0.39, 0.29) is 30.5 Å². The van der Waals surface area contributed by atoms with Crippen LogP contribution in [-0.2, 0) is 17.8 Å². The van der Waals surface area contributed by atoms with Gasteiger partial charge in [-0.3, -0.25) is 9.69 Å². The number of nitrogens with one attached hydrogen (secondary N) is 1. The Bertz CT molecular complexity index is 1080. The number of rotatable bonds is 5. The SMILES string of the molecule is C[C@@H](NC(=O)c1ccc(F)cc1)c1ccc2c(c1)CCN2C(=O)OCc1ccccc1. The van der Waals surface area contributed by atoms with E-state index in [9.17, 15) is 14.0 Å². The van der Waals surface area contributed by atoms with Gasteiger partial charge in [0.15, 0.2) is 0 Å². The van der Waals surface area contributed by atoms with Gasteiger partial charge in [0, 0.05) is 12.1 Å². The normalized spacial score (nSPS) is 13.4. The molecule has 1 N–H and O–H groups in total. The number of benzene rings is 3. The zero-order chi connectivity index (χ0) is 21.8. The lowest BCUT2D eigenvalue weighted by Gasteiger charge is -2.19. The molecule has 1 aliphatic heterocycles. The van der Waals surface area contributed by atoms with Crippen molar-refractivity contribution in [1.29, 1.82) is 0 Å². The van der Waals surface area contributed by atoms with Crippen LogP contribution in [0.5, 0.6) is 0 Å². The van der Waals surface area contributed by atoms with Crippen LogP contribution in [0.15, 0.2) is 72.8 Å². The highest BCUT2D eigenvalue weighted by molar-refractivity contribution is 5.94. The van der Waals surface area contributed by atoms with Crippen LogP contribution in [-0.4, -0.2) is 18.5 Å². The summed E-state index contributed by atoms with van der Waals surface area (Å²) in [6.45, 7) is 2.68. The molecule has 1 aliphatic rings. The molecule has 0 radical (unpaired) electrons. The van der Waals surface area contributed by atoms with E-state index in [0.29, 0.717) is 12.1 Å². The predicted octanol–water partition coefficient (Wildman–Crippen LogP) is 5.02. The second-order valence-corrected chi connectivity index (χ2v) is 7.53. The maximum Gasteiger partial charge on any atom is 0.414 e. The minimum atomic E-state index is -0.380. The summed E-state index contributed by atoms with van der Waals surface area (Å²) in [7, 11) is 0. The summed E-state index contributed by atoms with van der Waals surface area (Å²) in [5, 5.41) is 2.93.